The van der Waals surface area contributed by atoms with Crippen LogP contribution in [0.4, 0.5) is 0 Å². The maximum Gasteiger partial charge on any atom is 1.00 e. The van der Waals surface area contributed by atoms with Crippen LogP contribution in [-0.4, -0.2) is 18.4 Å². The molecule has 0 aliphatic heterocycles. The molecule has 0 aliphatic carbocycles. The van der Waals surface area contributed by atoms with Crippen LogP contribution in [0.25, 0.3) is 0 Å². The second kappa shape index (κ2) is 4.98. The Morgan fingerprint density at radius 3 is 1.57 bits per heavy atom. The van der Waals surface area contributed by atoms with E-state index in [2.05, 4.69) is 5.14 Å². The van der Waals surface area contributed by atoms with E-state index in [4.69, 9.17) is 13.0 Å². The number of nitrogens with two attached hydrogens (primary N) is 1. The van der Waals surface area contributed by atoms with Gasteiger partial charge in [0.15, 0.2) is 0 Å². The van der Waals surface area contributed by atoms with Crippen LogP contribution in [0.5, 0.6) is 0 Å². The van der Waals surface area contributed by atoms with E-state index < -0.39 is 10.3 Å². The number of rotatable bonds is 0. The van der Waals surface area contributed by atoms with Crippen molar-refractivity contribution < 1.29 is 49.4 Å². The Bertz CT molecular complexity index is 99.2. The zero-order chi connectivity index (χ0) is 4.50. The summed E-state index contributed by atoms with van der Waals surface area (Å²) in [5.41, 5.74) is 0. The molecule has 42 valence electrons. The first kappa shape index (κ1) is 15.7. The van der Waals surface area contributed by atoms with Crippen LogP contribution in [0.1, 0.15) is 1.43 Å². The second-order valence-electron chi connectivity index (χ2n) is 0.515. The van der Waals surface area contributed by atoms with Gasteiger partial charge >= 0.3 is 39.9 Å². The van der Waals surface area contributed by atoms with E-state index in [0.29, 0.717) is 0 Å². The van der Waals surface area contributed by atoms with Gasteiger partial charge in [-0.3, -0.25) is 4.55 Å². The van der Waals surface area contributed by atoms with Gasteiger partial charge in [-0.2, -0.15) is 8.42 Å². The SMILES string of the molecule is NS(=O)(=O)O.O.[H-].[Na+]. The fourth-order valence-corrected chi connectivity index (χ4v) is 0. The van der Waals surface area contributed by atoms with Gasteiger partial charge in [0, 0.05) is 0 Å². The van der Waals surface area contributed by atoms with E-state index in [9.17, 15) is 0 Å². The third kappa shape index (κ3) is 231. The summed E-state index contributed by atoms with van der Waals surface area (Å²) >= 11 is 0. The molecule has 0 bridgehead atoms. The first-order valence-corrected chi connectivity index (χ1v) is 2.25. The summed E-state index contributed by atoms with van der Waals surface area (Å²) < 4.78 is 25.2. The average molecular weight is 139 g/mol. The monoisotopic (exact) mass is 139 g/mol. The summed E-state index contributed by atoms with van der Waals surface area (Å²) in [5.74, 6) is 0. The fourth-order valence-electron chi connectivity index (χ4n) is 0. The molecule has 7 heavy (non-hydrogen) atoms. The molecule has 0 radical (unpaired) electrons. The molecule has 0 heterocycles. The molecule has 0 unspecified atom stereocenters. The molecule has 5 N–H and O–H groups in total. The maximum atomic E-state index is 8.97. The molecule has 0 aromatic carbocycles. The standard InChI is InChI=1S/H3NO3S.Na.H2O.H/c1-5(2,3)4;;;/h(H3,1,2,3,4);;1H2;/q;+1;;-1. The molecule has 0 fully saturated rings. The molecule has 0 aromatic heterocycles. The van der Waals surface area contributed by atoms with Gasteiger partial charge < -0.3 is 6.90 Å². The van der Waals surface area contributed by atoms with Crippen LogP contribution in [0.2, 0.25) is 0 Å². The van der Waals surface area contributed by atoms with Gasteiger partial charge in [0.1, 0.15) is 0 Å². The maximum absolute atomic E-state index is 8.97. The average Bonchev–Trinajstić information content (AvgIpc) is 0.722. The predicted octanol–water partition coefficient (Wildman–Crippen LogP) is -4.96. The van der Waals surface area contributed by atoms with Crippen molar-refractivity contribution in [2.45, 2.75) is 0 Å². The van der Waals surface area contributed by atoms with Crippen molar-refractivity contribution in [2.75, 3.05) is 0 Å². The Balaban J connectivity index is -0.0000000267. The van der Waals surface area contributed by atoms with Crippen molar-refractivity contribution in [1.82, 2.24) is 0 Å². The van der Waals surface area contributed by atoms with Crippen LogP contribution in [0.3, 0.4) is 0 Å². The minimum atomic E-state index is -4.17. The van der Waals surface area contributed by atoms with Crippen molar-refractivity contribution in [3.8, 4) is 0 Å². The first-order chi connectivity index (χ1) is 2.00. The minimum Gasteiger partial charge on any atom is -1.00 e. The molecule has 0 amide bonds. The molecule has 5 nitrogen and oxygen atoms in total. The zero-order valence-corrected chi connectivity index (χ0v) is 6.57. The van der Waals surface area contributed by atoms with Gasteiger partial charge in [-0.15, -0.1) is 0 Å². The van der Waals surface area contributed by atoms with Crippen molar-refractivity contribution in [3.05, 3.63) is 0 Å². The third-order valence-electron chi connectivity index (χ3n) is 0. The fraction of sp³-hybridized carbons (Fsp3) is 0. The largest absolute Gasteiger partial charge is 1.00 e. The number of hydrogen-bond acceptors (Lipinski definition) is 2. The summed E-state index contributed by atoms with van der Waals surface area (Å²) in [6.07, 6.45) is 0. The van der Waals surface area contributed by atoms with Gasteiger partial charge in [0.05, 0.1) is 0 Å². The van der Waals surface area contributed by atoms with Crippen molar-refractivity contribution in [3.63, 3.8) is 0 Å². The molecule has 0 atom stereocenters. The van der Waals surface area contributed by atoms with E-state index >= 15 is 0 Å². The van der Waals surface area contributed by atoms with Crippen LogP contribution in [0.15, 0.2) is 0 Å². The van der Waals surface area contributed by atoms with E-state index in [0.717, 1.165) is 0 Å². The van der Waals surface area contributed by atoms with Crippen molar-refractivity contribution in [1.29, 1.82) is 0 Å². The van der Waals surface area contributed by atoms with Crippen LogP contribution in [-0.2, 0) is 10.3 Å². The molecule has 0 aromatic rings. The quantitative estimate of drug-likeness (QED) is 0.259. The van der Waals surface area contributed by atoms with Gasteiger partial charge in [-0.05, 0) is 0 Å². The molecule has 0 saturated heterocycles. The van der Waals surface area contributed by atoms with Crippen LogP contribution >= 0.6 is 0 Å². The first-order valence-electron chi connectivity index (χ1n) is 0.752. The predicted molar refractivity (Wildman–Crippen MR) is 20.5 cm³/mol. The topological polar surface area (TPSA) is 112 Å². The van der Waals surface area contributed by atoms with E-state index in [-0.39, 0.29) is 36.5 Å². The van der Waals surface area contributed by atoms with Gasteiger partial charge in [0.2, 0.25) is 0 Å². The Morgan fingerprint density at radius 1 is 1.57 bits per heavy atom. The molecule has 0 saturated carbocycles. The molecule has 0 rings (SSSR count). The molecule has 7 heteroatoms. The Hall–Kier alpha value is 0.830. The molecule has 0 spiro atoms. The number of hydrogen-bond donors (Lipinski definition) is 2. The molecular formula is H6NNaO4S. The zero-order valence-electron chi connectivity index (χ0n) is 4.75. The normalized spacial score (nSPS) is 8.29. The molecule has 0 aliphatic rings. The van der Waals surface area contributed by atoms with Gasteiger partial charge in [0.25, 0.3) is 0 Å². The summed E-state index contributed by atoms with van der Waals surface area (Å²) in [6, 6.07) is 0. The van der Waals surface area contributed by atoms with E-state index in [1.807, 2.05) is 0 Å². The summed E-state index contributed by atoms with van der Waals surface area (Å²) in [7, 11) is -4.17. The van der Waals surface area contributed by atoms with Crippen LogP contribution in [0, 0.1) is 0 Å². The third-order valence-corrected chi connectivity index (χ3v) is 0. The minimum absolute atomic E-state index is 0. The Morgan fingerprint density at radius 2 is 1.57 bits per heavy atom. The van der Waals surface area contributed by atoms with E-state index in [1.165, 1.54) is 0 Å². The smallest absolute Gasteiger partial charge is 1.00 e. The van der Waals surface area contributed by atoms with Gasteiger partial charge in [-0.1, -0.05) is 0 Å². The van der Waals surface area contributed by atoms with Crippen molar-refractivity contribution in [2.24, 2.45) is 5.14 Å². The summed E-state index contributed by atoms with van der Waals surface area (Å²) in [6.45, 7) is 0. The summed E-state index contributed by atoms with van der Waals surface area (Å²) in [4.78, 5) is 0. The summed E-state index contributed by atoms with van der Waals surface area (Å²) in [5, 5.41) is 3.88. The van der Waals surface area contributed by atoms with Gasteiger partial charge in [-0.25, -0.2) is 5.14 Å². The van der Waals surface area contributed by atoms with Crippen molar-refractivity contribution >= 4 is 10.3 Å². The van der Waals surface area contributed by atoms with E-state index in [1.54, 1.807) is 0 Å². The Kier molecular flexibility index (Phi) is 11.1. The Labute approximate surface area is 64.9 Å². The molecular weight excluding hydrogens is 133 g/mol. The second-order valence-corrected chi connectivity index (χ2v) is 1.54. The van der Waals surface area contributed by atoms with Crippen LogP contribution < -0.4 is 34.7 Å².